The number of aromatic nitrogens is 4. The van der Waals surface area contributed by atoms with Gasteiger partial charge in [0.25, 0.3) is 5.56 Å². The van der Waals surface area contributed by atoms with E-state index in [1.165, 1.54) is 11.6 Å². The van der Waals surface area contributed by atoms with E-state index in [4.69, 9.17) is 5.73 Å². The molecule has 0 saturated carbocycles. The van der Waals surface area contributed by atoms with Gasteiger partial charge >= 0.3 is 5.69 Å². The highest BCUT2D eigenvalue weighted by atomic mass is 16.2. The number of aromatic amines is 1. The fourth-order valence-electron chi connectivity index (χ4n) is 2.57. The van der Waals surface area contributed by atoms with Crippen LogP contribution in [0.2, 0.25) is 0 Å². The Morgan fingerprint density at radius 1 is 1.20 bits per heavy atom. The van der Waals surface area contributed by atoms with Gasteiger partial charge in [0.1, 0.15) is 0 Å². The molecule has 2 aromatic rings. The Kier molecular flexibility index (Phi) is 2.89. The third kappa shape index (κ3) is 1.83. The minimum atomic E-state index is -0.374. The standard InChI is InChI=1S/C12H18N6O2/c1-16-9-8(10(19)17(2)12(16)20)14-11(15-9)18-5-3-7(13)4-6-18/h7H,3-6,13H2,1-2H3,(H,14,15). The molecule has 0 spiro atoms. The van der Waals surface area contributed by atoms with Gasteiger partial charge in [-0.1, -0.05) is 0 Å². The maximum atomic E-state index is 12.1. The Morgan fingerprint density at radius 3 is 2.50 bits per heavy atom. The van der Waals surface area contributed by atoms with Crippen LogP contribution in [0.4, 0.5) is 5.95 Å². The highest BCUT2D eigenvalue weighted by Crippen LogP contribution is 2.17. The zero-order chi connectivity index (χ0) is 14.4. The van der Waals surface area contributed by atoms with Gasteiger partial charge in [-0.05, 0) is 12.8 Å². The van der Waals surface area contributed by atoms with Crippen LogP contribution in [-0.4, -0.2) is 38.2 Å². The first kappa shape index (κ1) is 12.9. The topological polar surface area (TPSA) is 102 Å². The van der Waals surface area contributed by atoms with E-state index in [0.29, 0.717) is 17.1 Å². The third-order valence-corrected chi connectivity index (χ3v) is 3.92. The molecule has 108 valence electrons. The second-order valence-corrected chi connectivity index (χ2v) is 5.29. The average molecular weight is 278 g/mol. The Labute approximate surface area is 114 Å². The molecule has 0 aliphatic carbocycles. The minimum Gasteiger partial charge on any atom is -0.342 e. The van der Waals surface area contributed by atoms with Crippen LogP contribution < -0.4 is 21.9 Å². The summed E-state index contributed by atoms with van der Waals surface area (Å²) in [7, 11) is 3.07. The molecule has 0 unspecified atom stereocenters. The van der Waals surface area contributed by atoms with E-state index in [2.05, 4.69) is 14.9 Å². The van der Waals surface area contributed by atoms with Crippen molar-refractivity contribution in [3.8, 4) is 0 Å². The van der Waals surface area contributed by atoms with Crippen molar-refractivity contribution in [2.24, 2.45) is 19.8 Å². The molecule has 3 rings (SSSR count). The van der Waals surface area contributed by atoms with Gasteiger partial charge in [-0.3, -0.25) is 13.9 Å². The van der Waals surface area contributed by atoms with Crippen LogP contribution in [0.15, 0.2) is 9.59 Å². The lowest BCUT2D eigenvalue weighted by atomic mass is 10.1. The molecule has 0 aromatic carbocycles. The first-order chi connectivity index (χ1) is 9.49. The number of nitrogens with one attached hydrogen (secondary N) is 1. The van der Waals surface area contributed by atoms with Crippen molar-refractivity contribution in [1.82, 2.24) is 19.1 Å². The van der Waals surface area contributed by atoms with Crippen molar-refractivity contribution in [3.63, 3.8) is 0 Å². The summed E-state index contributed by atoms with van der Waals surface area (Å²) in [6.07, 6.45) is 1.79. The second-order valence-electron chi connectivity index (χ2n) is 5.29. The number of piperidine rings is 1. The monoisotopic (exact) mass is 278 g/mol. The molecular weight excluding hydrogens is 260 g/mol. The molecule has 3 heterocycles. The predicted molar refractivity (Wildman–Crippen MR) is 76.0 cm³/mol. The summed E-state index contributed by atoms with van der Waals surface area (Å²) in [5.41, 5.74) is 5.91. The van der Waals surface area contributed by atoms with Gasteiger partial charge in [0, 0.05) is 33.2 Å². The number of fused-ring (bicyclic) bond motifs is 1. The smallest absolute Gasteiger partial charge is 0.332 e. The molecule has 0 radical (unpaired) electrons. The fraction of sp³-hybridized carbons (Fsp3) is 0.583. The molecule has 3 N–H and O–H groups in total. The van der Waals surface area contributed by atoms with Crippen LogP contribution in [0.5, 0.6) is 0 Å². The van der Waals surface area contributed by atoms with Gasteiger partial charge in [0.2, 0.25) is 5.95 Å². The number of anilines is 1. The van der Waals surface area contributed by atoms with Gasteiger partial charge in [-0.25, -0.2) is 4.79 Å². The SMILES string of the molecule is Cn1c(=O)c2[nH]c(N3CCC(N)CC3)nc2n(C)c1=O. The lowest BCUT2D eigenvalue weighted by Gasteiger charge is -2.29. The fourth-order valence-corrected chi connectivity index (χ4v) is 2.57. The molecule has 1 fully saturated rings. The van der Waals surface area contributed by atoms with Crippen molar-refractivity contribution in [2.75, 3.05) is 18.0 Å². The number of nitrogens with two attached hydrogens (primary N) is 1. The van der Waals surface area contributed by atoms with E-state index < -0.39 is 0 Å². The molecule has 8 nitrogen and oxygen atoms in total. The number of nitrogens with zero attached hydrogens (tertiary/aromatic N) is 4. The van der Waals surface area contributed by atoms with Crippen LogP contribution >= 0.6 is 0 Å². The molecule has 20 heavy (non-hydrogen) atoms. The summed E-state index contributed by atoms with van der Waals surface area (Å²) in [4.78, 5) is 33.5. The number of hydrogen-bond donors (Lipinski definition) is 2. The quantitative estimate of drug-likeness (QED) is 0.688. The molecule has 1 saturated heterocycles. The van der Waals surface area contributed by atoms with Gasteiger partial charge in [0.15, 0.2) is 11.2 Å². The number of rotatable bonds is 1. The van der Waals surface area contributed by atoms with Crippen LogP contribution in [0, 0.1) is 0 Å². The normalized spacial score (nSPS) is 17.1. The highest BCUT2D eigenvalue weighted by Gasteiger charge is 2.21. The molecule has 0 amide bonds. The van der Waals surface area contributed by atoms with E-state index >= 15 is 0 Å². The number of H-pyrrole nitrogens is 1. The molecule has 8 heteroatoms. The maximum Gasteiger partial charge on any atom is 0.332 e. The minimum absolute atomic E-state index is 0.229. The Hall–Kier alpha value is -2.09. The van der Waals surface area contributed by atoms with E-state index in [0.717, 1.165) is 30.5 Å². The van der Waals surface area contributed by atoms with Gasteiger partial charge in [-0.15, -0.1) is 0 Å². The van der Waals surface area contributed by atoms with E-state index in [-0.39, 0.29) is 17.3 Å². The van der Waals surface area contributed by atoms with Crippen molar-refractivity contribution >= 4 is 17.1 Å². The van der Waals surface area contributed by atoms with Gasteiger partial charge < -0.3 is 15.6 Å². The molecular formula is C12H18N6O2. The Morgan fingerprint density at radius 2 is 1.85 bits per heavy atom. The number of imidazole rings is 1. The second kappa shape index (κ2) is 4.48. The number of aryl methyl sites for hydroxylation is 1. The van der Waals surface area contributed by atoms with Gasteiger partial charge in [-0.2, -0.15) is 4.98 Å². The highest BCUT2D eigenvalue weighted by molar-refractivity contribution is 5.72. The summed E-state index contributed by atoms with van der Waals surface area (Å²) < 4.78 is 2.46. The van der Waals surface area contributed by atoms with E-state index in [9.17, 15) is 9.59 Å². The first-order valence-corrected chi connectivity index (χ1v) is 6.65. The van der Waals surface area contributed by atoms with E-state index in [1.54, 1.807) is 7.05 Å². The lowest BCUT2D eigenvalue weighted by Crippen LogP contribution is -2.40. The molecule has 0 bridgehead atoms. The molecule has 1 aliphatic heterocycles. The summed E-state index contributed by atoms with van der Waals surface area (Å²) in [5.74, 6) is 0.630. The Balaban J connectivity index is 2.12. The first-order valence-electron chi connectivity index (χ1n) is 6.65. The third-order valence-electron chi connectivity index (χ3n) is 3.92. The summed E-state index contributed by atoms with van der Waals surface area (Å²) in [5, 5.41) is 0. The van der Waals surface area contributed by atoms with Gasteiger partial charge in [0.05, 0.1) is 0 Å². The predicted octanol–water partition coefficient (Wildman–Crippen LogP) is -1.11. The summed E-state index contributed by atoms with van der Waals surface area (Å²) in [6.45, 7) is 1.60. The summed E-state index contributed by atoms with van der Waals surface area (Å²) in [6, 6.07) is 0.229. The lowest BCUT2D eigenvalue weighted by molar-refractivity contribution is 0.496. The van der Waals surface area contributed by atoms with E-state index in [1.807, 2.05) is 0 Å². The van der Waals surface area contributed by atoms with Crippen molar-refractivity contribution in [2.45, 2.75) is 18.9 Å². The zero-order valence-electron chi connectivity index (χ0n) is 11.6. The molecule has 0 atom stereocenters. The van der Waals surface area contributed by atoms with Crippen LogP contribution in [0.1, 0.15) is 12.8 Å². The van der Waals surface area contributed by atoms with Crippen LogP contribution in [-0.2, 0) is 14.1 Å². The molecule has 1 aliphatic rings. The van der Waals surface area contributed by atoms with Crippen molar-refractivity contribution < 1.29 is 0 Å². The zero-order valence-corrected chi connectivity index (χ0v) is 11.6. The Bertz CT molecular complexity index is 763. The summed E-state index contributed by atoms with van der Waals surface area (Å²) >= 11 is 0. The average Bonchev–Trinajstić information content (AvgIpc) is 2.89. The maximum absolute atomic E-state index is 12.1. The largest absolute Gasteiger partial charge is 0.342 e. The van der Waals surface area contributed by atoms with Crippen LogP contribution in [0.3, 0.4) is 0 Å². The van der Waals surface area contributed by atoms with Crippen molar-refractivity contribution in [3.05, 3.63) is 20.8 Å². The van der Waals surface area contributed by atoms with Crippen LogP contribution in [0.25, 0.3) is 11.2 Å². The number of hydrogen-bond acceptors (Lipinski definition) is 5. The molecule has 2 aromatic heterocycles. The van der Waals surface area contributed by atoms with Crippen molar-refractivity contribution in [1.29, 1.82) is 0 Å².